The van der Waals surface area contributed by atoms with Crippen molar-refractivity contribution in [1.29, 1.82) is 0 Å². The van der Waals surface area contributed by atoms with E-state index in [2.05, 4.69) is 21.2 Å². The van der Waals surface area contributed by atoms with E-state index in [1.54, 1.807) is 6.07 Å². The van der Waals surface area contributed by atoms with Gasteiger partial charge in [-0.15, -0.1) is 0 Å². The molecule has 1 aromatic rings. The number of sulfonamides is 1. The molecule has 0 unspecified atom stereocenters. The lowest BCUT2D eigenvalue weighted by Gasteiger charge is -2.12. The van der Waals surface area contributed by atoms with Crippen molar-refractivity contribution in [3.8, 4) is 0 Å². The number of aryl methyl sites for hydroxylation is 1. The van der Waals surface area contributed by atoms with Crippen LogP contribution in [0.15, 0.2) is 21.5 Å². The van der Waals surface area contributed by atoms with Crippen LogP contribution in [0.25, 0.3) is 0 Å². The average Bonchev–Trinajstić information content (AvgIpc) is 2.17. The monoisotopic (exact) mass is 320 g/mol. The van der Waals surface area contributed by atoms with Crippen LogP contribution in [0.1, 0.15) is 25.0 Å². The van der Waals surface area contributed by atoms with Crippen molar-refractivity contribution in [3.05, 3.63) is 27.7 Å². The third-order valence-electron chi connectivity index (χ3n) is 2.30. The minimum absolute atomic E-state index is 0.137. The van der Waals surface area contributed by atoms with Gasteiger partial charge < -0.3 is 5.32 Å². The predicted octanol–water partition coefficient (Wildman–Crippen LogP) is 1.90. The number of halogens is 1. The molecule has 0 bridgehead atoms. The zero-order chi connectivity index (χ0) is 13.2. The summed E-state index contributed by atoms with van der Waals surface area (Å²) >= 11 is 3.25. The molecule has 0 heterocycles. The molecule has 0 aliphatic heterocycles. The number of primary sulfonamides is 1. The molecule has 0 saturated carbocycles. The zero-order valence-corrected chi connectivity index (χ0v) is 12.5. The van der Waals surface area contributed by atoms with Gasteiger partial charge in [0, 0.05) is 17.1 Å². The summed E-state index contributed by atoms with van der Waals surface area (Å²) in [5.41, 5.74) is 1.76. The molecule has 1 aromatic carbocycles. The average molecular weight is 321 g/mol. The molecule has 0 fully saturated rings. The molecular weight excluding hydrogens is 304 g/mol. The first-order chi connectivity index (χ1) is 7.71. The van der Waals surface area contributed by atoms with E-state index in [1.165, 1.54) is 0 Å². The third kappa shape index (κ3) is 4.06. The Balaban J connectivity index is 3.16. The standard InChI is InChI=1S/C11H17BrN2O2S/c1-7(2)14-6-9-4-8(3)11(12)10(5-9)17(13,15)16/h4-5,7,14H,6H2,1-3H3,(H2,13,15,16). The number of nitrogens with two attached hydrogens (primary N) is 1. The molecule has 0 radical (unpaired) electrons. The first-order valence-electron chi connectivity index (χ1n) is 5.27. The van der Waals surface area contributed by atoms with Gasteiger partial charge in [-0.1, -0.05) is 19.9 Å². The number of hydrogen-bond donors (Lipinski definition) is 2. The highest BCUT2D eigenvalue weighted by molar-refractivity contribution is 9.10. The van der Waals surface area contributed by atoms with Gasteiger partial charge in [0.25, 0.3) is 0 Å². The Labute approximate surface area is 111 Å². The van der Waals surface area contributed by atoms with Crippen molar-refractivity contribution in [2.24, 2.45) is 5.14 Å². The molecule has 0 aliphatic carbocycles. The highest BCUT2D eigenvalue weighted by atomic mass is 79.9. The highest BCUT2D eigenvalue weighted by Gasteiger charge is 2.15. The van der Waals surface area contributed by atoms with Crippen LogP contribution >= 0.6 is 15.9 Å². The molecule has 4 nitrogen and oxygen atoms in total. The summed E-state index contributed by atoms with van der Waals surface area (Å²) in [5.74, 6) is 0. The summed E-state index contributed by atoms with van der Waals surface area (Å²) in [5, 5.41) is 8.41. The van der Waals surface area contributed by atoms with Crippen LogP contribution in [0.4, 0.5) is 0 Å². The van der Waals surface area contributed by atoms with Crippen molar-refractivity contribution < 1.29 is 8.42 Å². The lowest BCUT2D eigenvalue weighted by atomic mass is 10.1. The highest BCUT2D eigenvalue weighted by Crippen LogP contribution is 2.26. The summed E-state index contributed by atoms with van der Waals surface area (Å²) in [6.45, 7) is 6.53. The van der Waals surface area contributed by atoms with E-state index in [1.807, 2.05) is 26.8 Å². The second-order valence-electron chi connectivity index (χ2n) is 4.31. The zero-order valence-electron chi connectivity index (χ0n) is 10.1. The van der Waals surface area contributed by atoms with E-state index in [0.717, 1.165) is 11.1 Å². The maximum Gasteiger partial charge on any atom is 0.239 e. The van der Waals surface area contributed by atoms with Crippen LogP contribution in [0.5, 0.6) is 0 Å². The quantitative estimate of drug-likeness (QED) is 0.890. The van der Waals surface area contributed by atoms with Gasteiger partial charge in [0.15, 0.2) is 0 Å². The maximum atomic E-state index is 11.4. The van der Waals surface area contributed by atoms with Gasteiger partial charge in [-0.25, -0.2) is 13.6 Å². The molecule has 1 rings (SSSR count). The number of rotatable bonds is 4. The first-order valence-corrected chi connectivity index (χ1v) is 7.61. The molecule has 96 valence electrons. The summed E-state index contributed by atoms with van der Waals surface area (Å²) in [6, 6.07) is 3.88. The van der Waals surface area contributed by atoms with Crippen LogP contribution in [-0.2, 0) is 16.6 Å². The van der Waals surface area contributed by atoms with Gasteiger partial charge in [0.1, 0.15) is 0 Å². The van der Waals surface area contributed by atoms with Crippen LogP contribution in [-0.4, -0.2) is 14.5 Å². The molecule has 0 amide bonds. The van der Waals surface area contributed by atoms with E-state index in [0.29, 0.717) is 17.1 Å². The Morgan fingerprint density at radius 3 is 2.47 bits per heavy atom. The minimum Gasteiger partial charge on any atom is -0.310 e. The van der Waals surface area contributed by atoms with E-state index < -0.39 is 10.0 Å². The SMILES string of the molecule is Cc1cc(CNC(C)C)cc(S(N)(=O)=O)c1Br. The van der Waals surface area contributed by atoms with E-state index >= 15 is 0 Å². The van der Waals surface area contributed by atoms with Gasteiger partial charge in [-0.2, -0.15) is 0 Å². The van der Waals surface area contributed by atoms with Crippen molar-refractivity contribution >= 4 is 26.0 Å². The lowest BCUT2D eigenvalue weighted by Crippen LogP contribution is -2.22. The second kappa shape index (κ2) is 5.48. The van der Waals surface area contributed by atoms with Crippen LogP contribution in [0, 0.1) is 6.92 Å². The Kier molecular flexibility index (Phi) is 4.71. The van der Waals surface area contributed by atoms with E-state index in [-0.39, 0.29) is 4.90 Å². The van der Waals surface area contributed by atoms with E-state index in [4.69, 9.17) is 5.14 Å². The number of hydrogen-bond acceptors (Lipinski definition) is 3. The fraction of sp³-hybridized carbons (Fsp3) is 0.455. The molecule has 0 spiro atoms. The fourth-order valence-electron chi connectivity index (χ4n) is 1.44. The molecule has 0 aliphatic rings. The summed E-state index contributed by atoms with van der Waals surface area (Å²) in [4.78, 5) is 0.137. The van der Waals surface area contributed by atoms with Gasteiger partial charge in [0.2, 0.25) is 10.0 Å². The normalized spacial score (nSPS) is 12.1. The Morgan fingerprint density at radius 1 is 1.41 bits per heavy atom. The van der Waals surface area contributed by atoms with Crippen molar-refractivity contribution in [1.82, 2.24) is 5.32 Å². The predicted molar refractivity (Wildman–Crippen MR) is 72.2 cm³/mol. The third-order valence-corrected chi connectivity index (χ3v) is 4.55. The van der Waals surface area contributed by atoms with Crippen LogP contribution < -0.4 is 10.5 Å². The number of nitrogens with one attached hydrogen (secondary N) is 1. The Morgan fingerprint density at radius 2 is 2.00 bits per heavy atom. The molecule has 6 heteroatoms. The minimum atomic E-state index is -3.69. The summed E-state index contributed by atoms with van der Waals surface area (Å²) in [7, 11) is -3.69. The van der Waals surface area contributed by atoms with Crippen molar-refractivity contribution in [3.63, 3.8) is 0 Å². The summed E-state index contributed by atoms with van der Waals surface area (Å²) < 4.78 is 23.4. The molecule has 3 N–H and O–H groups in total. The molecule has 0 saturated heterocycles. The smallest absolute Gasteiger partial charge is 0.239 e. The van der Waals surface area contributed by atoms with Gasteiger partial charge in [-0.05, 0) is 40.0 Å². The largest absolute Gasteiger partial charge is 0.310 e. The molecule has 0 atom stereocenters. The molecule has 17 heavy (non-hydrogen) atoms. The van der Waals surface area contributed by atoms with E-state index in [9.17, 15) is 8.42 Å². The topological polar surface area (TPSA) is 72.2 Å². The fourth-order valence-corrected chi connectivity index (χ4v) is 3.07. The summed E-state index contributed by atoms with van der Waals surface area (Å²) in [6.07, 6.45) is 0. The van der Waals surface area contributed by atoms with Gasteiger partial charge in [-0.3, -0.25) is 0 Å². The van der Waals surface area contributed by atoms with Crippen molar-refractivity contribution in [2.45, 2.75) is 38.3 Å². The molecular formula is C11H17BrN2O2S. The van der Waals surface area contributed by atoms with Crippen LogP contribution in [0.2, 0.25) is 0 Å². The van der Waals surface area contributed by atoms with Gasteiger partial charge >= 0.3 is 0 Å². The number of benzene rings is 1. The van der Waals surface area contributed by atoms with Crippen molar-refractivity contribution in [2.75, 3.05) is 0 Å². The van der Waals surface area contributed by atoms with Crippen LogP contribution in [0.3, 0.4) is 0 Å². The Bertz CT molecular complexity index is 512. The lowest BCUT2D eigenvalue weighted by molar-refractivity contribution is 0.586. The van der Waals surface area contributed by atoms with Gasteiger partial charge in [0.05, 0.1) is 4.90 Å². The Hall–Kier alpha value is -0.430. The second-order valence-corrected chi connectivity index (χ2v) is 6.63. The molecule has 0 aromatic heterocycles. The first kappa shape index (κ1) is 14.6. The maximum absolute atomic E-state index is 11.4.